The number of halogens is 1. The van der Waals surface area contributed by atoms with E-state index in [0.717, 1.165) is 44.3 Å². The molecule has 0 unspecified atom stereocenters. The highest BCUT2D eigenvalue weighted by Gasteiger charge is 2.27. The van der Waals surface area contributed by atoms with E-state index in [1.165, 1.54) is 0 Å². The fourth-order valence-electron chi connectivity index (χ4n) is 3.73. The van der Waals surface area contributed by atoms with Gasteiger partial charge in [0.25, 0.3) is 0 Å². The van der Waals surface area contributed by atoms with Crippen molar-refractivity contribution in [2.75, 3.05) is 33.2 Å². The summed E-state index contributed by atoms with van der Waals surface area (Å²) in [6.07, 6.45) is 5.00. The van der Waals surface area contributed by atoms with Gasteiger partial charge in [0.1, 0.15) is 0 Å². The first-order valence-corrected chi connectivity index (χ1v) is 11.0. The predicted molar refractivity (Wildman–Crippen MR) is 109 cm³/mol. The largest absolute Gasteiger partial charge is 0.343 e. The molecule has 27 heavy (non-hydrogen) atoms. The molecular formula is C19H30ClN3O3S. The standard InChI is InChI=1S/C19H29N3O3S.ClH/c1-20-17-10-14-21(15-11-17)19(23)9-6-16-4-7-18(8-5-16)26(24,25)22-12-2-3-13-22;/h4-5,7-8,17,20H,2-3,6,9-15H2,1H3;1H. The fourth-order valence-corrected chi connectivity index (χ4v) is 5.25. The Morgan fingerprint density at radius 3 is 2.22 bits per heavy atom. The number of nitrogens with one attached hydrogen (secondary N) is 1. The van der Waals surface area contributed by atoms with Crippen molar-refractivity contribution >= 4 is 28.3 Å². The highest BCUT2D eigenvalue weighted by atomic mass is 35.5. The van der Waals surface area contributed by atoms with Crippen LogP contribution in [0.3, 0.4) is 0 Å². The molecule has 3 rings (SSSR count). The van der Waals surface area contributed by atoms with Gasteiger partial charge in [0, 0.05) is 38.6 Å². The summed E-state index contributed by atoms with van der Waals surface area (Å²) in [4.78, 5) is 14.7. The van der Waals surface area contributed by atoms with Gasteiger partial charge in [-0.2, -0.15) is 4.31 Å². The SMILES string of the molecule is CNC1CCN(C(=O)CCc2ccc(S(=O)(=O)N3CCCC3)cc2)CC1.Cl. The number of hydrogen-bond donors (Lipinski definition) is 1. The summed E-state index contributed by atoms with van der Waals surface area (Å²) in [5.41, 5.74) is 1.00. The Kier molecular flexibility index (Phi) is 8.09. The summed E-state index contributed by atoms with van der Waals surface area (Å²) in [7, 11) is -1.39. The van der Waals surface area contributed by atoms with Gasteiger partial charge in [-0.15, -0.1) is 12.4 Å². The zero-order valence-electron chi connectivity index (χ0n) is 15.9. The molecule has 2 aliphatic heterocycles. The number of carbonyl (C=O) groups excluding carboxylic acids is 1. The Labute approximate surface area is 168 Å². The molecule has 1 aromatic carbocycles. The molecule has 0 aromatic heterocycles. The number of piperidine rings is 1. The molecule has 1 amide bonds. The molecule has 2 aliphatic rings. The van der Waals surface area contributed by atoms with Gasteiger partial charge in [0.15, 0.2) is 0 Å². The first-order chi connectivity index (χ1) is 12.5. The topological polar surface area (TPSA) is 69.7 Å². The van der Waals surface area contributed by atoms with E-state index in [9.17, 15) is 13.2 Å². The molecule has 0 saturated carbocycles. The van der Waals surface area contributed by atoms with Crippen molar-refractivity contribution in [2.24, 2.45) is 0 Å². The minimum Gasteiger partial charge on any atom is -0.343 e. The second kappa shape index (κ2) is 9.87. The molecular weight excluding hydrogens is 386 g/mol. The van der Waals surface area contributed by atoms with Gasteiger partial charge in [-0.05, 0) is 56.8 Å². The fraction of sp³-hybridized carbons (Fsp3) is 0.632. The van der Waals surface area contributed by atoms with E-state index in [2.05, 4.69) is 5.32 Å². The van der Waals surface area contributed by atoms with Crippen LogP contribution in [0.5, 0.6) is 0 Å². The van der Waals surface area contributed by atoms with E-state index in [4.69, 9.17) is 0 Å². The average Bonchev–Trinajstić information content (AvgIpc) is 3.22. The maximum absolute atomic E-state index is 12.5. The number of aryl methyl sites for hydroxylation is 1. The smallest absolute Gasteiger partial charge is 0.243 e. The number of benzene rings is 1. The summed E-state index contributed by atoms with van der Waals surface area (Å²) in [6.45, 7) is 2.86. The molecule has 152 valence electrons. The molecule has 2 heterocycles. The number of likely N-dealkylation sites (tertiary alicyclic amines) is 1. The molecule has 0 aliphatic carbocycles. The third kappa shape index (κ3) is 5.44. The second-order valence-corrected chi connectivity index (χ2v) is 9.14. The van der Waals surface area contributed by atoms with Crippen molar-refractivity contribution in [2.45, 2.75) is 49.5 Å². The van der Waals surface area contributed by atoms with Crippen molar-refractivity contribution in [1.29, 1.82) is 0 Å². The average molecular weight is 416 g/mol. The van der Waals surface area contributed by atoms with Gasteiger partial charge in [-0.1, -0.05) is 12.1 Å². The van der Waals surface area contributed by atoms with E-state index < -0.39 is 10.0 Å². The van der Waals surface area contributed by atoms with Gasteiger partial charge in [-0.3, -0.25) is 4.79 Å². The minimum absolute atomic E-state index is 0. The molecule has 0 spiro atoms. The van der Waals surface area contributed by atoms with Crippen molar-refractivity contribution in [3.8, 4) is 0 Å². The van der Waals surface area contributed by atoms with E-state index >= 15 is 0 Å². The molecule has 0 radical (unpaired) electrons. The van der Waals surface area contributed by atoms with Crippen LogP contribution in [0.4, 0.5) is 0 Å². The van der Waals surface area contributed by atoms with Crippen LogP contribution in [0.2, 0.25) is 0 Å². The molecule has 8 heteroatoms. The van der Waals surface area contributed by atoms with Gasteiger partial charge in [0.2, 0.25) is 15.9 Å². The van der Waals surface area contributed by atoms with E-state index in [1.54, 1.807) is 16.4 Å². The maximum atomic E-state index is 12.5. The van der Waals surface area contributed by atoms with Crippen LogP contribution >= 0.6 is 12.4 Å². The van der Waals surface area contributed by atoms with Crippen LogP contribution < -0.4 is 5.32 Å². The molecule has 6 nitrogen and oxygen atoms in total. The van der Waals surface area contributed by atoms with Gasteiger partial charge in [0.05, 0.1) is 4.90 Å². The Morgan fingerprint density at radius 1 is 1.07 bits per heavy atom. The predicted octanol–water partition coefficient (Wildman–Crippen LogP) is 2.04. The third-order valence-electron chi connectivity index (χ3n) is 5.51. The normalized spacial score (nSPS) is 19.1. The lowest BCUT2D eigenvalue weighted by Crippen LogP contribution is -2.44. The van der Waals surface area contributed by atoms with Gasteiger partial charge >= 0.3 is 0 Å². The zero-order valence-corrected chi connectivity index (χ0v) is 17.5. The number of sulfonamides is 1. The number of nitrogens with zero attached hydrogens (tertiary/aromatic N) is 2. The number of rotatable bonds is 6. The molecule has 2 saturated heterocycles. The summed E-state index contributed by atoms with van der Waals surface area (Å²) < 4.78 is 26.6. The Hall–Kier alpha value is -1.15. The monoisotopic (exact) mass is 415 g/mol. The molecule has 0 bridgehead atoms. The third-order valence-corrected chi connectivity index (χ3v) is 7.42. The molecule has 0 atom stereocenters. The van der Waals surface area contributed by atoms with Crippen LogP contribution in [0.25, 0.3) is 0 Å². The number of hydrogen-bond acceptors (Lipinski definition) is 4. The molecule has 1 N–H and O–H groups in total. The summed E-state index contributed by atoms with van der Waals surface area (Å²) in [5, 5.41) is 3.27. The van der Waals surface area contributed by atoms with Gasteiger partial charge < -0.3 is 10.2 Å². The lowest BCUT2D eigenvalue weighted by atomic mass is 10.0. The lowest BCUT2D eigenvalue weighted by molar-refractivity contribution is -0.132. The highest BCUT2D eigenvalue weighted by Crippen LogP contribution is 2.21. The Balaban J connectivity index is 0.00000261. The number of amides is 1. The molecule has 2 fully saturated rings. The Bertz CT molecular complexity index is 710. The van der Waals surface area contributed by atoms with Crippen LogP contribution in [-0.4, -0.2) is 62.8 Å². The first-order valence-electron chi connectivity index (χ1n) is 9.55. The zero-order chi connectivity index (χ0) is 18.6. The summed E-state index contributed by atoms with van der Waals surface area (Å²) in [6, 6.07) is 7.54. The van der Waals surface area contributed by atoms with Crippen LogP contribution in [-0.2, 0) is 21.2 Å². The first kappa shape index (κ1) is 22.1. The Morgan fingerprint density at radius 2 is 1.67 bits per heavy atom. The van der Waals surface area contributed by atoms with E-state index in [1.807, 2.05) is 24.1 Å². The van der Waals surface area contributed by atoms with Crippen molar-refractivity contribution in [3.05, 3.63) is 29.8 Å². The summed E-state index contributed by atoms with van der Waals surface area (Å²) in [5.74, 6) is 0.188. The van der Waals surface area contributed by atoms with Gasteiger partial charge in [-0.25, -0.2) is 8.42 Å². The molecule has 1 aromatic rings. The number of carbonyl (C=O) groups is 1. The van der Waals surface area contributed by atoms with Crippen molar-refractivity contribution < 1.29 is 13.2 Å². The maximum Gasteiger partial charge on any atom is 0.243 e. The van der Waals surface area contributed by atoms with Crippen molar-refractivity contribution in [3.63, 3.8) is 0 Å². The van der Waals surface area contributed by atoms with Crippen LogP contribution in [0.1, 0.15) is 37.7 Å². The van der Waals surface area contributed by atoms with Crippen LogP contribution in [0.15, 0.2) is 29.2 Å². The van der Waals surface area contributed by atoms with Crippen LogP contribution in [0, 0.1) is 0 Å². The lowest BCUT2D eigenvalue weighted by Gasteiger charge is -2.31. The second-order valence-electron chi connectivity index (χ2n) is 7.20. The minimum atomic E-state index is -3.36. The summed E-state index contributed by atoms with van der Waals surface area (Å²) >= 11 is 0. The van der Waals surface area contributed by atoms with E-state index in [-0.39, 0.29) is 18.3 Å². The highest BCUT2D eigenvalue weighted by molar-refractivity contribution is 7.89. The quantitative estimate of drug-likeness (QED) is 0.771. The van der Waals surface area contributed by atoms with Crippen molar-refractivity contribution in [1.82, 2.24) is 14.5 Å². The van der Waals surface area contributed by atoms with E-state index in [0.29, 0.717) is 36.9 Å².